The van der Waals surface area contributed by atoms with Crippen LogP contribution < -0.4 is 0 Å². The van der Waals surface area contributed by atoms with Crippen molar-refractivity contribution in [1.82, 2.24) is 0 Å². The average Bonchev–Trinajstić information content (AvgIpc) is 2.23. The third kappa shape index (κ3) is 44.9. The zero-order chi connectivity index (χ0) is 16.2. The normalized spacial score (nSPS) is 10.2. The van der Waals surface area contributed by atoms with Crippen LogP contribution in [0, 0.1) is 6.07 Å². The van der Waals surface area contributed by atoms with Gasteiger partial charge in [0.1, 0.15) is 0 Å². The van der Waals surface area contributed by atoms with Crippen LogP contribution in [0.15, 0.2) is 24.3 Å². The van der Waals surface area contributed by atoms with E-state index in [2.05, 4.69) is 48.7 Å². The van der Waals surface area contributed by atoms with Crippen LogP contribution in [0.2, 0.25) is 0 Å². The molecule has 0 aliphatic carbocycles. The van der Waals surface area contributed by atoms with Crippen molar-refractivity contribution in [2.75, 3.05) is 0 Å². The van der Waals surface area contributed by atoms with Gasteiger partial charge in [-0.2, -0.15) is 35.9 Å². The largest absolute Gasteiger partial charge is 0.325 e. The number of hydrogen-bond acceptors (Lipinski definition) is 2. The molecule has 11 heteroatoms. The summed E-state index contributed by atoms with van der Waals surface area (Å²) in [5.74, 6) is 0. The van der Waals surface area contributed by atoms with Crippen LogP contribution in [0.25, 0.3) is 0 Å². The van der Waals surface area contributed by atoms with E-state index < -0.39 is 13.4 Å². The molecule has 6 nitrogen and oxygen atoms in total. The molecule has 0 aliphatic heterocycles. The van der Waals surface area contributed by atoms with Crippen LogP contribution in [0.3, 0.4) is 0 Å². The maximum atomic E-state index is 7.56. The van der Waals surface area contributed by atoms with E-state index in [4.69, 9.17) is 29.4 Å². The van der Waals surface area contributed by atoms with E-state index in [-0.39, 0.29) is 21.1 Å². The van der Waals surface area contributed by atoms with Crippen LogP contribution in [0.5, 0.6) is 0 Å². The first-order valence-corrected chi connectivity index (χ1v) is 10.8. The van der Waals surface area contributed by atoms with E-state index in [1.54, 1.807) is 0 Å². The molecule has 124 valence electrons. The smallest absolute Gasteiger partial charge is 0.319 e. The zero-order valence-electron chi connectivity index (χ0n) is 11.2. The number of rotatable bonds is 3. The van der Waals surface area contributed by atoms with Crippen molar-refractivity contribution in [2.24, 2.45) is 0 Å². The van der Waals surface area contributed by atoms with Gasteiger partial charge in [0.05, 0.1) is 0 Å². The molecular weight excluding hydrogens is 438 g/mol. The van der Waals surface area contributed by atoms with E-state index >= 15 is 0 Å². The number of hydrogen-bond donors (Lipinski definition) is 6. The van der Waals surface area contributed by atoms with E-state index in [1.165, 1.54) is 24.8 Å². The quantitative estimate of drug-likeness (QED) is 0.228. The van der Waals surface area contributed by atoms with Gasteiger partial charge >= 0.3 is 13.4 Å². The van der Waals surface area contributed by atoms with E-state index in [1.807, 2.05) is 12.1 Å². The van der Waals surface area contributed by atoms with E-state index in [0.29, 0.717) is 0 Å². The first kappa shape index (κ1) is 26.8. The minimum Gasteiger partial charge on any atom is -0.325 e. The molecule has 0 aromatic heterocycles. The Morgan fingerprint density at radius 3 is 1.71 bits per heavy atom. The maximum absolute atomic E-state index is 7.56. The second-order valence-electron chi connectivity index (χ2n) is 3.52. The van der Waals surface area contributed by atoms with Crippen molar-refractivity contribution < 1.29 is 50.4 Å². The summed E-state index contributed by atoms with van der Waals surface area (Å²) in [7, 11) is 0. The van der Waals surface area contributed by atoms with E-state index in [0.717, 1.165) is 0 Å². The molecule has 0 bridgehead atoms. The Morgan fingerprint density at radius 2 is 1.43 bits per heavy atom. The summed E-state index contributed by atoms with van der Waals surface area (Å²) in [4.78, 5) is 45.3. The molecule has 0 unspecified atom stereocenters. The molecular formula is C10H19MoO6P2S2-. The summed E-state index contributed by atoms with van der Waals surface area (Å²) in [6, 6.07) is 11.4. The fraction of sp³-hybridized carbons (Fsp3) is 0.400. The molecule has 1 aromatic rings. The van der Waals surface area contributed by atoms with Crippen molar-refractivity contribution in [3.8, 4) is 0 Å². The minimum absolute atomic E-state index is 0. The Balaban J connectivity index is -0.000000254. The van der Waals surface area contributed by atoms with Crippen LogP contribution >= 0.6 is 13.4 Å². The molecule has 0 fully saturated rings. The van der Waals surface area contributed by atoms with Crippen molar-refractivity contribution in [2.45, 2.75) is 26.2 Å². The Kier molecular flexibility index (Phi) is 18.6. The van der Waals surface area contributed by atoms with Crippen molar-refractivity contribution in [1.29, 1.82) is 0 Å². The number of unbranched alkanes of at least 4 members (excludes halogenated alkanes) is 1. The molecule has 0 heterocycles. The molecule has 0 spiro atoms. The van der Waals surface area contributed by atoms with Gasteiger partial charge in [0.25, 0.3) is 0 Å². The SMILES string of the molecule is CCCCc1[c-]cccc1.OP(O)(O)=S.OP(O)(O)=S.[Mo]. The van der Waals surface area contributed by atoms with Gasteiger partial charge in [-0.3, -0.25) is 0 Å². The fourth-order valence-electron chi connectivity index (χ4n) is 0.953. The Morgan fingerprint density at radius 1 is 1.00 bits per heavy atom. The molecule has 1 rings (SSSR count). The Labute approximate surface area is 149 Å². The second kappa shape index (κ2) is 14.6. The van der Waals surface area contributed by atoms with Crippen LogP contribution in [0.1, 0.15) is 25.3 Å². The van der Waals surface area contributed by atoms with Crippen molar-refractivity contribution in [3.63, 3.8) is 0 Å². The van der Waals surface area contributed by atoms with Crippen LogP contribution in [-0.4, -0.2) is 29.4 Å². The molecule has 0 saturated carbocycles. The number of aryl methyl sites for hydroxylation is 1. The van der Waals surface area contributed by atoms with Crippen molar-refractivity contribution >= 4 is 37.1 Å². The molecule has 21 heavy (non-hydrogen) atoms. The summed E-state index contributed by atoms with van der Waals surface area (Å²) < 4.78 is 0. The van der Waals surface area contributed by atoms with Gasteiger partial charge in [-0.25, -0.2) is 0 Å². The average molecular weight is 457 g/mol. The van der Waals surface area contributed by atoms with Crippen LogP contribution in [0.4, 0.5) is 0 Å². The molecule has 0 atom stereocenters. The van der Waals surface area contributed by atoms with Gasteiger partial charge in [0.2, 0.25) is 0 Å². The Bertz CT molecular complexity index is 400. The standard InChI is InChI=1S/C10H13.Mo.2H3O3PS/c1-2-3-7-10-8-5-4-6-9-10;;2*1-4(2,3)5/h4-6,8H,2-3,7H2,1H3;;2*(H3,1,2,3,5)/q-1;;;. The molecule has 0 saturated heterocycles. The first-order valence-electron chi connectivity index (χ1n) is 5.45. The van der Waals surface area contributed by atoms with Crippen molar-refractivity contribution in [3.05, 3.63) is 35.9 Å². The van der Waals surface area contributed by atoms with Gasteiger partial charge in [0, 0.05) is 21.1 Å². The summed E-state index contributed by atoms with van der Waals surface area (Å²) in [5, 5.41) is 0. The fourth-order valence-corrected chi connectivity index (χ4v) is 0.953. The zero-order valence-corrected chi connectivity index (χ0v) is 16.7. The molecule has 6 N–H and O–H groups in total. The predicted octanol–water partition coefficient (Wildman–Crippen LogP) is 1.20. The van der Waals surface area contributed by atoms with Gasteiger partial charge in [0.15, 0.2) is 0 Å². The van der Waals surface area contributed by atoms with Crippen LogP contribution in [-0.2, 0) is 51.1 Å². The molecule has 0 amide bonds. The third-order valence-electron chi connectivity index (χ3n) is 1.57. The second-order valence-corrected chi connectivity index (χ2v) is 8.51. The Hall–Kier alpha value is 0.968. The van der Waals surface area contributed by atoms with Gasteiger partial charge in [-0.05, 0) is 23.6 Å². The minimum atomic E-state index is -3.81. The summed E-state index contributed by atoms with van der Waals surface area (Å²) in [6.45, 7) is -5.40. The summed E-state index contributed by atoms with van der Waals surface area (Å²) in [6.07, 6.45) is 3.72. The van der Waals surface area contributed by atoms with Gasteiger partial charge in [-0.1, -0.05) is 26.2 Å². The molecule has 0 radical (unpaired) electrons. The molecule has 0 aliphatic rings. The number of benzene rings is 1. The summed E-state index contributed by atoms with van der Waals surface area (Å²) in [5.41, 5.74) is 1.34. The first-order chi connectivity index (χ1) is 8.93. The van der Waals surface area contributed by atoms with E-state index in [9.17, 15) is 0 Å². The van der Waals surface area contributed by atoms with Gasteiger partial charge < -0.3 is 29.4 Å². The van der Waals surface area contributed by atoms with Gasteiger partial charge in [-0.15, -0.1) is 0 Å². The summed E-state index contributed by atoms with van der Waals surface area (Å²) >= 11 is 7.21. The predicted molar refractivity (Wildman–Crippen MR) is 85.8 cm³/mol. The monoisotopic (exact) mass is 459 g/mol. The molecule has 1 aromatic carbocycles. The topological polar surface area (TPSA) is 121 Å². The maximum Gasteiger partial charge on any atom is 0.319 e. The third-order valence-corrected chi connectivity index (χ3v) is 1.57.